The molecule has 0 radical (unpaired) electrons. The third-order valence-electron chi connectivity index (χ3n) is 8.17. The van der Waals surface area contributed by atoms with Crippen LogP contribution < -0.4 is 10.6 Å². The second kappa shape index (κ2) is 7.98. The number of carbonyl (C=O) groups is 2. The first-order chi connectivity index (χ1) is 14.6. The second-order valence-electron chi connectivity index (χ2n) is 9.82. The Bertz CT molecular complexity index is 796. The molecular formula is C23H33N3O4. The van der Waals surface area contributed by atoms with Crippen LogP contribution in [0.15, 0.2) is 10.6 Å². The lowest BCUT2D eigenvalue weighted by atomic mass is 9.78. The number of nitrogens with one attached hydrogen (secondary N) is 2. The highest BCUT2D eigenvalue weighted by Crippen LogP contribution is 2.74. The average Bonchev–Trinajstić information content (AvgIpc) is 3.24. The van der Waals surface area contributed by atoms with Gasteiger partial charge in [0.25, 0.3) is 0 Å². The van der Waals surface area contributed by atoms with Crippen molar-refractivity contribution in [3.63, 3.8) is 0 Å². The summed E-state index contributed by atoms with van der Waals surface area (Å²) in [6, 6.07) is 2.28. The lowest BCUT2D eigenvalue weighted by Gasteiger charge is -2.29. The van der Waals surface area contributed by atoms with E-state index < -0.39 is 0 Å². The minimum atomic E-state index is -0.287. The van der Waals surface area contributed by atoms with Crippen LogP contribution in [0, 0.1) is 36.0 Å². The summed E-state index contributed by atoms with van der Waals surface area (Å²) >= 11 is 0. The molecule has 5 rings (SSSR count). The van der Waals surface area contributed by atoms with Gasteiger partial charge in [-0.25, -0.2) is 0 Å². The van der Waals surface area contributed by atoms with Gasteiger partial charge in [0, 0.05) is 12.1 Å². The van der Waals surface area contributed by atoms with Gasteiger partial charge in [-0.05, 0) is 75.7 Å². The van der Waals surface area contributed by atoms with E-state index in [4.69, 9.17) is 9.26 Å². The molecule has 164 valence electrons. The third kappa shape index (κ3) is 3.55. The Hall–Kier alpha value is -1.89. The molecule has 2 bridgehead atoms. The maximum atomic E-state index is 13.2. The fourth-order valence-electron chi connectivity index (χ4n) is 6.69. The zero-order chi connectivity index (χ0) is 20.7. The normalized spacial score (nSPS) is 33.6. The summed E-state index contributed by atoms with van der Waals surface area (Å²) in [5.41, 5.74) is 0.936. The molecular weight excluding hydrogens is 382 g/mol. The van der Waals surface area contributed by atoms with Crippen molar-refractivity contribution >= 4 is 11.9 Å². The number of ether oxygens (including phenoxy) is 1. The lowest BCUT2D eigenvalue weighted by Crippen LogP contribution is -2.42. The van der Waals surface area contributed by atoms with Crippen LogP contribution in [0.1, 0.15) is 62.8 Å². The number of nitrogens with zero attached hydrogens (tertiary/aromatic N) is 1. The molecule has 1 amide bonds. The summed E-state index contributed by atoms with van der Waals surface area (Å²) in [5, 5.41) is 10.5. The van der Waals surface area contributed by atoms with Gasteiger partial charge in [-0.15, -0.1) is 0 Å². The molecule has 2 N–H and O–H groups in total. The molecule has 4 fully saturated rings. The maximum Gasteiger partial charge on any atom is 0.310 e. The SMILES string of the molecule is Cc1cc(CNC(=O)[C@H]2[C@H](C(=O)OCC[C@@H]3CCCCN3)[C@H]3CC[C@@H]2C32CC2)no1. The molecule has 3 aliphatic carbocycles. The van der Waals surface area contributed by atoms with E-state index in [1.54, 1.807) is 0 Å². The molecule has 1 aromatic rings. The van der Waals surface area contributed by atoms with Gasteiger partial charge in [-0.2, -0.15) is 0 Å². The van der Waals surface area contributed by atoms with Crippen molar-refractivity contribution < 1.29 is 18.8 Å². The molecule has 0 unspecified atom stereocenters. The van der Waals surface area contributed by atoms with Crippen molar-refractivity contribution in [2.75, 3.05) is 13.2 Å². The van der Waals surface area contributed by atoms with Crippen LogP contribution in [0.4, 0.5) is 0 Å². The van der Waals surface area contributed by atoms with E-state index in [0.717, 1.165) is 50.8 Å². The second-order valence-corrected chi connectivity index (χ2v) is 9.82. The molecule has 5 atom stereocenters. The Morgan fingerprint density at radius 3 is 2.70 bits per heavy atom. The van der Waals surface area contributed by atoms with Crippen molar-refractivity contribution in [3.05, 3.63) is 17.5 Å². The highest BCUT2D eigenvalue weighted by molar-refractivity contribution is 5.87. The Labute approximate surface area is 177 Å². The van der Waals surface area contributed by atoms with Gasteiger partial charge in [0.15, 0.2) is 0 Å². The first-order valence-electron chi connectivity index (χ1n) is 11.7. The van der Waals surface area contributed by atoms with Crippen molar-refractivity contribution in [2.24, 2.45) is 29.1 Å². The van der Waals surface area contributed by atoms with Crippen molar-refractivity contribution in [2.45, 2.75) is 70.9 Å². The van der Waals surface area contributed by atoms with Crippen LogP contribution in [0.3, 0.4) is 0 Å². The molecule has 1 spiro atoms. The zero-order valence-electron chi connectivity index (χ0n) is 17.8. The summed E-state index contributed by atoms with van der Waals surface area (Å²) in [6.07, 6.45) is 8.92. The van der Waals surface area contributed by atoms with Crippen LogP contribution in [0.2, 0.25) is 0 Å². The van der Waals surface area contributed by atoms with E-state index >= 15 is 0 Å². The average molecular weight is 416 g/mol. The Kier molecular flexibility index (Phi) is 5.33. The van der Waals surface area contributed by atoms with E-state index in [1.807, 2.05) is 13.0 Å². The molecule has 1 aliphatic heterocycles. The molecule has 30 heavy (non-hydrogen) atoms. The van der Waals surface area contributed by atoms with Gasteiger partial charge >= 0.3 is 5.97 Å². The largest absolute Gasteiger partial charge is 0.465 e. The highest BCUT2D eigenvalue weighted by atomic mass is 16.5. The fourth-order valence-corrected chi connectivity index (χ4v) is 6.69. The number of esters is 1. The molecule has 7 nitrogen and oxygen atoms in total. The first-order valence-corrected chi connectivity index (χ1v) is 11.7. The third-order valence-corrected chi connectivity index (χ3v) is 8.17. The summed E-state index contributed by atoms with van der Waals surface area (Å²) in [6.45, 7) is 3.68. The van der Waals surface area contributed by atoms with Gasteiger partial charge in [0.1, 0.15) is 11.5 Å². The Balaban J connectivity index is 1.22. The van der Waals surface area contributed by atoms with Crippen molar-refractivity contribution in [1.29, 1.82) is 0 Å². The Morgan fingerprint density at radius 2 is 2.03 bits per heavy atom. The molecule has 2 heterocycles. The molecule has 1 aromatic heterocycles. The molecule has 3 saturated carbocycles. The quantitative estimate of drug-likeness (QED) is 0.665. The molecule has 1 saturated heterocycles. The number of aryl methyl sites for hydroxylation is 1. The lowest BCUT2D eigenvalue weighted by molar-refractivity contribution is -0.155. The predicted octanol–water partition coefficient (Wildman–Crippen LogP) is 2.73. The van der Waals surface area contributed by atoms with E-state index in [-0.39, 0.29) is 29.1 Å². The van der Waals surface area contributed by atoms with Gasteiger partial charge < -0.3 is 19.9 Å². The number of hydrogen-bond acceptors (Lipinski definition) is 6. The number of hydrogen-bond donors (Lipinski definition) is 2. The zero-order valence-corrected chi connectivity index (χ0v) is 17.8. The molecule has 4 aliphatic rings. The minimum absolute atomic E-state index is 0.0231. The van der Waals surface area contributed by atoms with Crippen molar-refractivity contribution in [1.82, 2.24) is 15.8 Å². The fraction of sp³-hybridized carbons (Fsp3) is 0.783. The predicted molar refractivity (Wildman–Crippen MR) is 109 cm³/mol. The van der Waals surface area contributed by atoms with Crippen LogP contribution >= 0.6 is 0 Å². The number of carbonyl (C=O) groups excluding carboxylic acids is 2. The van der Waals surface area contributed by atoms with E-state index in [9.17, 15) is 9.59 Å². The van der Waals surface area contributed by atoms with Crippen molar-refractivity contribution in [3.8, 4) is 0 Å². The smallest absolute Gasteiger partial charge is 0.310 e. The number of piperidine rings is 1. The summed E-state index contributed by atoms with van der Waals surface area (Å²) in [4.78, 5) is 26.3. The monoisotopic (exact) mass is 415 g/mol. The van der Waals surface area contributed by atoms with Gasteiger partial charge in [0.2, 0.25) is 5.91 Å². The van der Waals surface area contributed by atoms with Gasteiger partial charge in [-0.1, -0.05) is 11.6 Å². The minimum Gasteiger partial charge on any atom is -0.465 e. The summed E-state index contributed by atoms with van der Waals surface area (Å²) in [7, 11) is 0. The summed E-state index contributed by atoms with van der Waals surface area (Å²) < 4.78 is 10.9. The standard InChI is InChI=1S/C23H33N3O4/c1-14-12-16(26-30-14)13-25-21(27)19-17-5-6-18(23(17)8-9-23)20(19)22(28)29-11-7-15-4-2-3-10-24-15/h12,15,17-20,24H,2-11,13H2,1H3,(H,25,27)/t15-,17-,18+,19+,20+/m0/s1. The number of rotatable bonds is 7. The van der Waals surface area contributed by atoms with Gasteiger partial charge in [0.05, 0.1) is 25.0 Å². The van der Waals surface area contributed by atoms with E-state index in [0.29, 0.717) is 36.7 Å². The van der Waals surface area contributed by atoms with Crippen LogP contribution in [0.25, 0.3) is 0 Å². The molecule has 0 aromatic carbocycles. The van der Waals surface area contributed by atoms with E-state index in [2.05, 4.69) is 15.8 Å². The maximum absolute atomic E-state index is 13.2. The summed E-state index contributed by atoms with van der Waals surface area (Å²) in [5.74, 6) is 0.632. The van der Waals surface area contributed by atoms with Crippen LogP contribution in [-0.2, 0) is 20.9 Å². The van der Waals surface area contributed by atoms with Crippen LogP contribution in [0.5, 0.6) is 0 Å². The first kappa shape index (κ1) is 20.0. The number of amides is 1. The van der Waals surface area contributed by atoms with E-state index in [1.165, 1.54) is 12.8 Å². The number of aromatic nitrogens is 1. The Morgan fingerprint density at radius 1 is 1.23 bits per heavy atom. The van der Waals surface area contributed by atoms with Gasteiger partial charge in [-0.3, -0.25) is 9.59 Å². The molecule has 7 heteroatoms. The highest BCUT2D eigenvalue weighted by Gasteiger charge is 2.71. The van der Waals surface area contributed by atoms with Crippen LogP contribution in [-0.4, -0.2) is 36.2 Å². The topological polar surface area (TPSA) is 93.5 Å².